The fourth-order valence-corrected chi connectivity index (χ4v) is 2.82. The van der Waals surface area contributed by atoms with Crippen molar-refractivity contribution in [3.05, 3.63) is 23.8 Å². The molecule has 0 aliphatic carbocycles. The second-order valence-electron chi connectivity index (χ2n) is 5.52. The summed E-state index contributed by atoms with van der Waals surface area (Å²) < 4.78 is 10.5. The van der Waals surface area contributed by atoms with Crippen molar-refractivity contribution in [2.24, 2.45) is 0 Å². The number of hydrogen-bond donors (Lipinski definition) is 1. The fourth-order valence-electron chi connectivity index (χ4n) is 2.82. The second-order valence-corrected chi connectivity index (χ2v) is 5.52. The first-order chi connectivity index (χ1) is 11.1. The Balaban J connectivity index is 2.02. The van der Waals surface area contributed by atoms with E-state index in [1.807, 2.05) is 19.1 Å². The lowest BCUT2D eigenvalue weighted by molar-refractivity contribution is -0.143. The molecule has 6 heteroatoms. The minimum atomic E-state index is -0.351. The summed E-state index contributed by atoms with van der Waals surface area (Å²) in [5.74, 6) is 1.36. The van der Waals surface area contributed by atoms with Crippen LogP contribution < -0.4 is 14.8 Å². The molecule has 0 aromatic heterocycles. The van der Waals surface area contributed by atoms with Gasteiger partial charge in [-0.05, 0) is 30.5 Å². The number of rotatable bonds is 6. The highest BCUT2D eigenvalue weighted by Gasteiger charge is 2.31. The third-order valence-corrected chi connectivity index (χ3v) is 4.08. The Morgan fingerprint density at radius 3 is 2.48 bits per heavy atom. The van der Waals surface area contributed by atoms with E-state index >= 15 is 0 Å². The fraction of sp³-hybridized carbons (Fsp3) is 0.529. The zero-order valence-electron chi connectivity index (χ0n) is 13.9. The molecule has 6 nitrogen and oxygen atoms in total. The molecule has 1 atom stereocenters. The van der Waals surface area contributed by atoms with E-state index in [1.54, 1.807) is 25.2 Å². The number of ether oxygens (including phenoxy) is 2. The van der Waals surface area contributed by atoms with E-state index in [1.165, 1.54) is 0 Å². The van der Waals surface area contributed by atoms with Crippen molar-refractivity contribution < 1.29 is 19.1 Å². The van der Waals surface area contributed by atoms with Gasteiger partial charge in [-0.1, -0.05) is 6.92 Å². The highest BCUT2D eigenvalue weighted by atomic mass is 16.5. The average molecular weight is 320 g/mol. The maximum Gasteiger partial charge on any atom is 0.242 e. The molecule has 0 radical (unpaired) electrons. The van der Waals surface area contributed by atoms with Gasteiger partial charge in [-0.15, -0.1) is 0 Å². The molecule has 1 aliphatic rings. The molecule has 0 bridgehead atoms. The van der Waals surface area contributed by atoms with Gasteiger partial charge in [0.15, 0.2) is 0 Å². The summed E-state index contributed by atoms with van der Waals surface area (Å²) in [6.07, 6.45) is 1.58. The standard InChI is InChI=1S/C17H24N2O4/c1-4-15-17(21)18-7-8-19(15)16(20)6-5-12-9-13(22-2)11-14(10-12)23-3/h9-11,15H,4-8H2,1-3H3,(H,18,21). The number of nitrogens with zero attached hydrogens (tertiary/aromatic N) is 1. The predicted octanol–water partition coefficient (Wildman–Crippen LogP) is 1.37. The Kier molecular flexibility index (Phi) is 5.84. The molecule has 1 aromatic carbocycles. The molecular weight excluding hydrogens is 296 g/mol. The van der Waals surface area contributed by atoms with Crippen LogP contribution in [0.4, 0.5) is 0 Å². The SMILES string of the molecule is CCC1C(=O)NCCN1C(=O)CCc1cc(OC)cc(OC)c1. The third kappa shape index (κ3) is 4.15. The summed E-state index contributed by atoms with van der Waals surface area (Å²) in [7, 11) is 3.20. The van der Waals surface area contributed by atoms with Gasteiger partial charge in [-0.25, -0.2) is 0 Å². The number of methoxy groups -OCH3 is 2. The van der Waals surface area contributed by atoms with Crippen LogP contribution in [0.25, 0.3) is 0 Å². The molecule has 1 aliphatic heterocycles. The van der Waals surface area contributed by atoms with Crippen LogP contribution in [-0.4, -0.2) is 50.1 Å². The second kappa shape index (κ2) is 7.85. The molecule has 1 fully saturated rings. The van der Waals surface area contributed by atoms with Gasteiger partial charge < -0.3 is 19.7 Å². The van der Waals surface area contributed by atoms with E-state index in [0.717, 1.165) is 5.56 Å². The van der Waals surface area contributed by atoms with Crippen LogP contribution in [0.3, 0.4) is 0 Å². The van der Waals surface area contributed by atoms with Crippen molar-refractivity contribution in [3.8, 4) is 11.5 Å². The van der Waals surface area contributed by atoms with E-state index in [4.69, 9.17) is 9.47 Å². The molecule has 1 aromatic rings. The number of carbonyl (C=O) groups is 2. The van der Waals surface area contributed by atoms with Crippen molar-refractivity contribution >= 4 is 11.8 Å². The summed E-state index contributed by atoms with van der Waals surface area (Å²) in [6.45, 7) is 3.02. The molecule has 1 saturated heterocycles. The molecule has 1 heterocycles. The normalized spacial score (nSPS) is 17.6. The van der Waals surface area contributed by atoms with Crippen molar-refractivity contribution in [1.29, 1.82) is 0 Å². The van der Waals surface area contributed by atoms with Crippen LogP contribution in [0, 0.1) is 0 Å². The van der Waals surface area contributed by atoms with Gasteiger partial charge in [0.2, 0.25) is 11.8 Å². The average Bonchev–Trinajstić information content (AvgIpc) is 2.58. The quantitative estimate of drug-likeness (QED) is 0.860. The first-order valence-electron chi connectivity index (χ1n) is 7.88. The maximum absolute atomic E-state index is 12.5. The van der Waals surface area contributed by atoms with Crippen molar-refractivity contribution in [2.45, 2.75) is 32.2 Å². The number of aryl methyl sites for hydroxylation is 1. The van der Waals surface area contributed by atoms with Gasteiger partial charge in [0.05, 0.1) is 14.2 Å². The molecule has 1 unspecified atom stereocenters. The number of piperazine rings is 1. The van der Waals surface area contributed by atoms with E-state index < -0.39 is 0 Å². The van der Waals surface area contributed by atoms with Crippen LogP contribution in [-0.2, 0) is 16.0 Å². The molecule has 2 amide bonds. The lowest BCUT2D eigenvalue weighted by atomic mass is 10.1. The van der Waals surface area contributed by atoms with E-state index in [-0.39, 0.29) is 17.9 Å². The molecule has 126 valence electrons. The van der Waals surface area contributed by atoms with Crippen LogP contribution in [0.5, 0.6) is 11.5 Å². The highest BCUT2D eigenvalue weighted by Crippen LogP contribution is 2.23. The number of carbonyl (C=O) groups excluding carboxylic acids is 2. The highest BCUT2D eigenvalue weighted by molar-refractivity contribution is 5.88. The zero-order valence-corrected chi connectivity index (χ0v) is 13.9. The Bertz CT molecular complexity index is 551. The summed E-state index contributed by atoms with van der Waals surface area (Å²) in [6, 6.07) is 5.25. The first kappa shape index (κ1) is 17.1. The lowest BCUT2D eigenvalue weighted by Gasteiger charge is -2.34. The Hall–Kier alpha value is -2.24. The Morgan fingerprint density at radius 1 is 1.26 bits per heavy atom. The molecule has 2 rings (SSSR count). The number of amides is 2. The number of hydrogen-bond acceptors (Lipinski definition) is 4. The summed E-state index contributed by atoms with van der Waals surface area (Å²) in [5.41, 5.74) is 0.976. The zero-order chi connectivity index (χ0) is 16.8. The summed E-state index contributed by atoms with van der Waals surface area (Å²) >= 11 is 0. The first-order valence-corrected chi connectivity index (χ1v) is 7.88. The van der Waals surface area contributed by atoms with Gasteiger partial charge in [-0.2, -0.15) is 0 Å². The topological polar surface area (TPSA) is 67.9 Å². The largest absolute Gasteiger partial charge is 0.497 e. The van der Waals surface area contributed by atoms with E-state index in [2.05, 4.69) is 5.32 Å². The Labute approximate surface area is 136 Å². The monoisotopic (exact) mass is 320 g/mol. The van der Waals surface area contributed by atoms with Crippen LogP contribution in [0.15, 0.2) is 18.2 Å². The van der Waals surface area contributed by atoms with Gasteiger partial charge in [0, 0.05) is 25.6 Å². The predicted molar refractivity (Wildman–Crippen MR) is 86.7 cm³/mol. The van der Waals surface area contributed by atoms with Gasteiger partial charge in [-0.3, -0.25) is 9.59 Å². The van der Waals surface area contributed by atoms with Crippen molar-refractivity contribution in [3.63, 3.8) is 0 Å². The minimum absolute atomic E-state index is 0.00786. The molecular formula is C17H24N2O4. The van der Waals surface area contributed by atoms with Gasteiger partial charge in [0.1, 0.15) is 17.5 Å². The van der Waals surface area contributed by atoms with Crippen LogP contribution in [0.1, 0.15) is 25.3 Å². The number of nitrogens with one attached hydrogen (secondary N) is 1. The minimum Gasteiger partial charge on any atom is -0.497 e. The molecule has 23 heavy (non-hydrogen) atoms. The van der Waals surface area contributed by atoms with Gasteiger partial charge in [0.25, 0.3) is 0 Å². The Morgan fingerprint density at radius 2 is 1.91 bits per heavy atom. The number of benzene rings is 1. The summed E-state index contributed by atoms with van der Waals surface area (Å²) in [4.78, 5) is 26.0. The molecule has 0 saturated carbocycles. The van der Waals surface area contributed by atoms with Crippen LogP contribution in [0.2, 0.25) is 0 Å². The smallest absolute Gasteiger partial charge is 0.242 e. The van der Waals surface area contributed by atoms with E-state index in [9.17, 15) is 9.59 Å². The molecule has 1 N–H and O–H groups in total. The maximum atomic E-state index is 12.5. The van der Waals surface area contributed by atoms with Gasteiger partial charge >= 0.3 is 0 Å². The third-order valence-electron chi connectivity index (χ3n) is 4.08. The van der Waals surface area contributed by atoms with Crippen LogP contribution >= 0.6 is 0 Å². The van der Waals surface area contributed by atoms with Crippen molar-refractivity contribution in [1.82, 2.24) is 10.2 Å². The lowest BCUT2D eigenvalue weighted by Crippen LogP contribution is -2.56. The van der Waals surface area contributed by atoms with E-state index in [0.29, 0.717) is 43.9 Å². The van der Waals surface area contributed by atoms with Crippen molar-refractivity contribution in [2.75, 3.05) is 27.3 Å². The molecule has 0 spiro atoms. The summed E-state index contributed by atoms with van der Waals surface area (Å²) in [5, 5.41) is 2.81.